The molecule has 3 aromatic rings. The van der Waals surface area contributed by atoms with E-state index in [-0.39, 0.29) is 5.91 Å². The van der Waals surface area contributed by atoms with Crippen molar-refractivity contribution in [3.05, 3.63) is 42.1 Å². The molecule has 4 rings (SSSR count). The highest BCUT2D eigenvalue weighted by Gasteiger charge is 2.19. The molecule has 7 nitrogen and oxygen atoms in total. The number of aromatic amines is 1. The molecule has 2 heterocycles. The molecule has 1 aliphatic rings. The van der Waals surface area contributed by atoms with Crippen molar-refractivity contribution in [3.8, 4) is 17.2 Å². The number of rotatable bonds is 6. The average molecular weight is 424 g/mol. The van der Waals surface area contributed by atoms with E-state index in [1.54, 1.807) is 33.5 Å². The van der Waals surface area contributed by atoms with E-state index in [4.69, 9.17) is 14.2 Å². The van der Waals surface area contributed by atoms with E-state index in [9.17, 15) is 4.79 Å². The Labute approximate surface area is 182 Å². The maximum absolute atomic E-state index is 12.9. The van der Waals surface area contributed by atoms with E-state index in [2.05, 4.69) is 27.3 Å². The van der Waals surface area contributed by atoms with Crippen LogP contribution in [0.5, 0.6) is 17.2 Å². The Balaban J connectivity index is 1.55. The van der Waals surface area contributed by atoms with E-state index in [0.717, 1.165) is 24.2 Å². The maximum Gasteiger partial charge on any atom is 0.272 e. The first-order chi connectivity index (χ1) is 15.1. The van der Waals surface area contributed by atoms with Crippen molar-refractivity contribution >= 4 is 28.2 Å². The minimum atomic E-state index is -0.234. The molecule has 2 aromatic carbocycles. The summed E-state index contributed by atoms with van der Waals surface area (Å²) in [6, 6.07) is 11.6. The van der Waals surface area contributed by atoms with Crippen LogP contribution < -0.4 is 24.4 Å². The lowest BCUT2D eigenvalue weighted by Crippen LogP contribution is -2.23. The molecule has 1 saturated heterocycles. The summed E-state index contributed by atoms with van der Waals surface area (Å²) in [7, 11) is 4.71. The molecule has 0 atom stereocenters. The second-order valence-electron chi connectivity index (χ2n) is 7.69. The summed E-state index contributed by atoms with van der Waals surface area (Å²) in [5.74, 6) is 1.43. The van der Waals surface area contributed by atoms with Gasteiger partial charge in [-0.1, -0.05) is 12.8 Å². The van der Waals surface area contributed by atoms with E-state index in [1.165, 1.54) is 31.4 Å². The highest BCUT2D eigenvalue weighted by atomic mass is 16.5. The predicted octanol–water partition coefficient (Wildman–Crippen LogP) is 4.83. The molecule has 31 heavy (non-hydrogen) atoms. The third-order valence-electron chi connectivity index (χ3n) is 5.78. The molecule has 0 unspecified atom stereocenters. The van der Waals surface area contributed by atoms with Crippen molar-refractivity contribution in [3.63, 3.8) is 0 Å². The van der Waals surface area contributed by atoms with Gasteiger partial charge < -0.3 is 29.4 Å². The summed E-state index contributed by atoms with van der Waals surface area (Å²) in [6.07, 6.45) is 5.07. The quantitative estimate of drug-likeness (QED) is 0.594. The van der Waals surface area contributed by atoms with Crippen molar-refractivity contribution in [2.75, 3.05) is 44.6 Å². The monoisotopic (exact) mass is 423 g/mol. The van der Waals surface area contributed by atoms with Crippen LogP contribution in [0.15, 0.2) is 36.4 Å². The van der Waals surface area contributed by atoms with Crippen molar-refractivity contribution in [2.45, 2.75) is 25.7 Å². The number of hydrogen-bond donors (Lipinski definition) is 2. The van der Waals surface area contributed by atoms with Gasteiger partial charge in [0.05, 0.1) is 26.8 Å². The fraction of sp³-hybridized carbons (Fsp3) is 0.375. The molecule has 2 N–H and O–H groups in total. The number of nitrogens with one attached hydrogen (secondary N) is 2. The number of hydrogen-bond acceptors (Lipinski definition) is 5. The molecule has 1 fully saturated rings. The normalized spacial score (nSPS) is 14.2. The first-order valence-corrected chi connectivity index (χ1v) is 10.6. The number of ether oxygens (including phenoxy) is 3. The zero-order chi connectivity index (χ0) is 21.8. The largest absolute Gasteiger partial charge is 0.496 e. The van der Waals surface area contributed by atoms with Crippen molar-refractivity contribution in [2.24, 2.45) is 0 Å². The van der Waals surface area contributed by atoms with Gasteiger partial charge in [0, 0.05) is 35.9 Å². The number of H-pyrrole nitrogens is 1. The van der Waals surface area contributed by atoms with Crippen molar-refractivity contribution in [1.29, 1.82) is 0 Å². The van der Waals surface area contributed by atoms with E-state index < -0.39 is 0 Å². The Kier molecular flexibility index (Phi) is 6.21. The first-order valence-electron chi connectivity index (χ1n) is 10.6. The Hall–Kier alpha value is -3.35. The number of aromatic nitrogens is 1. The lowest BCUT2D eigenvalue weighted by molar-refractivity contribution is 0.102. The van der Waals surface area contributed by atoms with Gasteiger partial charge in [-0.15, -0.1) is 0 Å². The Morgan fingerprint density at radius 3 is 2.19 bits per heavy atom. The highest BCUT2D eigenvalue weighted by Crippen LogP contribution is 2.41. The van der Waals surface area contributed by atoms with Crippen LogP contribution >= 0.6 is 0 Å². The Morgan fingerprint density at radius 1 is 0.903 bits per heavy atom. The van der Waals surface area contributed by atoms with Crippen LogP contribution in [0, 0.1) is 0 Å². The van der Waals surface area contributed by atoms with E-state index >= 15 is 0 Å². The minimum Gasteiger partial charge on any atom is -0.496 e. The fourth-order valence-electron chi connectivity index (χ4n) is 4.14. The predicted molar refractivity (Wildman–Crippen MR) is 123 cm³/mol. The van der Waals surface area contributed by atoms with Gasteiger partial charge in [-0.3, -0.25) is 4.79 Å². The summed E-state index contributed by atoms with van der Waals surface area (Å²) in [5.41, 5.74) is 3.02. The van der Waals surface area contributed by atoms with Gasteiger partial charge in [0.25, 0.3) is 5.91 Å². The summed E-state index contributed by atoms with van der Waals surface area (Å²) < 4.78 is 16.4. The number of benzene rings is 2. The van der Waals surface area contributed by atoms with E-state index in [0.29, 0.717) is 28.5 Å². The number of carbonyl (C=O) groups is 1. The maximum atomic E-state index is 12.9. The lowest BCUT2D eigenvalue weighted by atomic mass is 10.2. The number of fused-ring (bicyclic) bond motifs is 1. The number of nitrogens with zero attached hydrogens (tertiary/aromatic N) is 1. The van der Waals surface area contributed by atoms with Gasteiger partial charge in [0.1, 0.15) is 11.4 Å². The molecule has 0 bridgehead atoms. The van der Waals surface area contributed by atoms with Crippen LogP contribution in [0.3, 0.4) is 0 Å². The number of methoxy groups -OCH3 is 3. The van der Waals surface area contributed by atoms with Gasteiger partial charge >= 0.3 is 0 Å². The lowest BCUT2D eigenvalue weighted by Gasteiger charge is -2.22. The SMILES string of the molecule is COc1cc(OC)c2cc(C(=O)Nc3ccc(N4CCCCCC4)cc3)[nH]c2c1OC. The molecular formula is C24H29N3O4. The molecular weight excluding hydrogens is 394 g/mol. The fourth-order valence-corrected chi connectivity index (χ4v) is 4.14. The molecule has 7 heteroatoms. The minimum absolute atomic E-state index is 0.234. The van der Waals surface area contributed by atoms with Gasteiger partial charge in [-0.25, -0.2) is 0 Å². The van der Waals surface area contributed by atoms with Crippen LogP contribution in [-0.2, 0) is 0 Å². The van der Waals surface area contributed by atoms with Crippen molar-refractivity contribution in [1.82, 2.24) is 4.98 Å². The molecule has 0 saturated carbocycles. The second kappa shape index (κ2) is 9.20. The van der Waals surface area contributed by atoms with Gasteiger partial charge in [0.2, 0.25) is 0 Å². The molecule has 1 aliphatic heterocycles. The molecule has 0 spiro atoms. The molecule has 1 amide bonds. The summed E-state index contributed by atoms with van der Waals surface area (Å²) in [6.45, 7) is 2.18. The van der Waals surface area contributed by atoms with Crippen LogP contribution in [0.25, 0.3) is 10.9 Å². The number of carbonyl (C=O) groups excluding carboxylic acids is 1. The third-order valence-corrected chi connectivity index (χ3v) is 5.78. The standard InChI is InChI=1S/C24H29N3O4/c1-29-20-15-21(30-2)23(31-3)22-18(20)14-19(26-22)24(28)25-16-8-10-17(11-9-16)27-12-6-4-5-7-13-27/h8-11,14-15,26H,4-7,12-13H2,1-3H3,(H,25,28). The molecule has 0 radical (unpaired) electrons. The summed E-state index contributed by atoms with van der Waals surface area (Å²) in [5, 5.41) is 3.72. The molecule has 0 aliphatic carbocycles. The molecule has 1 aromatic heterocycles. The van der Waals surface area contributed by atoms with Crippen LogP contribution in [0.4, 0.5) is 11.4 Å². The van der Waals surface area contributed by atoms with Crippen LogP contribution in [-0.4, -0.2) is 45.3 Å². The summed E-state index contributed by atoms with van der Waals surface area (Å²) in [4.78, 5) is 18.5. The third kappa shape index (κ3) is 4.26. The zero-order valence-corrected chi connectivity index (χ0v) is 18.3. The second-order valence-corrected chi connectivity index (χ2v) is 7.69. The Bertz CT molecular complexity index is 1050. The molecule has 164 valence electrons. The first kappa shape index (κ1) is 20.9. The van der Waals surface area contributed by atoms with E-state index in [1.807, 2.05) is 12.1 Å². The van der Waals surface area contributed by atoms with Gasteiger partial charge in [0.15, 0.2) is 11.5 Å². The average Bonchev–Trinajstić information content (AvgIpc) is 3.06. The topological polar surface area (TPSA) is 75.8 Å². The Morgan fingerprint density at radius 2 is 1.58 bits per heavy atom. The highest BCUT2D eigenvalue weighted by molar-refractivity contribution is 6.08. The van der Waals surface area contributed by atoms with Crippen LogP contribution in [0.2, 0.25) is 0 Å². The number of amides is 1. The van der Waals surface area contributed by atoms with Crippen LogP contribution in [0.1, 0.15) is 36.2 Å². The van der Waals surface area contributed by atoms with Gasteiger partial charge in [-0.2, -0.15) is 0 Å². The number of anilines is 2. The smallest absolute Gasteiger partial charge is 0.272 e. The zero-order valence-electron chi connectivity index (χ0n) is 18.3. The van der Waals surface area contributed by atoms with Crippen molar-refractivity contribution < 1.29 is 19.0 Å². The van der Waals surface area contributed by atoms with Gasteiger partial charge in [-0.05, 0) is 43.2 Å². The summed E-state index contributed by atoms with van der Waals surface area (Å²) >= 11 is 0.